The third-order valence-electron chi connectivity index (χ3n) is 4.82. The van der Waals surface area contributed by atoms with Crippen LogP contribution < -0.4 is 5.32 Å². The predicted molar refractivity (Wildman–Crippen MR) is 114 cm³/mol. The van der Waals surface area contributed by atoms with Crippen molar-refractivity contribution in [3.8, 4) is 0 Å². The molecular weight excluding hydrogens is 407 g/mol. The lowest BCUT2D eigenvalue weighted by molar-refractivity contribution is -0.111. The zero-order valence-corrected chi connectivity index (χ0v) is 17.8. The second-order valence-corrected chi connectivity index (χ2v) is 9.21. The van der Waals surface area contributed by atoms with E-state index in [1.807, 2.05) is 24.3 Å². The van der Waals surface area contributed by atoms with Gasteiger partial charge in [-0.15, -0.1) is 0 Å². The van der Waals surface area contributed by atoms with Crippen LogP contribution >= 0.6 is 0 Å². The second kappa shape index (κ2) is 9.51. The van der Waals surface area contributed by atoms with Crippen molar-refractivity contribution in [1.82, 2.24) is 4.31 Å². The molecule has 1 aliphatic rings. The first-order chi connectivity index (χ1) is 14.3. The fraction of sp³-hybridized carbons (Fsp3) is 0.318. The van der Waals surface area contributed by atoms with Crippen LogP contribution in [0.4, 0.5) is 10.1 Å². The van der Waals surface area contributed by atoms with E-state index in [0.29, 0.717) is 5.92 Å². The van der Waals surface area contributed by atoms with Gasteiger partial charge in [0.1, 0.15) is 10.7 Å². The maximum Gasteiger partial charge on any atom is 0.248 e. The number of hydrogen-bond acceptors (Lipinski definition) is 4. The molecule has 1 N–H and O–H groups in total. The highest BCUT2D eigenvalue weighted by Crippen LogP contribution is 2.24. The molecule has 0 unspecified atom stereocenters. The van der Waals surface area contributed by atoms with Crippen LogP contribution in [0.25, 0.3) is 6.08 Å². The first-order valence-corrected chi connectivity index (χ1v) is 11.2. The Labute approximate surface area is 176 Å². The molecule has 160 valence electrons. The van der Waals surface area contributed by atoms with E-state index in [2.05, 4.69) is 19.2 Å². The summed E-state index contributed by atoms with van der Waals surface area (Å²) in [6.07, 6.45) is 3.01. The maximum atomic E-state index is 14.3. The molecule has 1 amide bonds. The van der Waals surface area contributed by atoms with Crippen LogP contribution in [0.15, 0.2) is 53.4 Å². The van der Waals surface area contributed by atoms with E-state index < -0.39 is 26.6 Å². The van der Waals surface area contributed by atoms with Gasteiger partial charge in [0.05, 0.1) is 13.2 Å². The van der Waals surface area contributed by atoms with E-state index in [4.69, 9.17) is 4.74 Å². The van der Waals surface area contributed by atoms with Gasteiger partial charge in [-0.3, -0.25) is 4.79 Å². The van der Waals surface area contributed by atoms with E-state index in [1.54, 1.807) is 6.08 Å². The van der Waals surface area contributed by atoms with Crippen LogP contribution in [0, 0.1) is 5.82 Å². The van der Waals surface area contributed by atoms with Crippen LogP contribution in [0.5, 0.6) is 0 Å². The Morgan fingerprint density at radius 2 is 1.80 bits per heavy atom. The molecule has 1 aliphatic heterocycles. The quantitative estimate of drug-likeness (QED) is 0.708. The van der Waals surface area contributed by atoms with Crippen molar-refractivity contribution in [1.29, 1.82) is 0 Å². The van der Waals surface area contributed by atoms with Crippen molar-refractivity contribution in [2.24, 2.45) is 0 Å². The predicted octanol–water partition coefficient (Wildman–Crippen LogP) is 3.62. The summed E-state index contributed by atoms with van der Waals surface area (Å²) in [6.45, 7) is 5.07. The number of ether oxygens (including phenoxy) is 1. The molecule has 0 aromatic heterocycles. The van der Waals surface area contributed by atoms with Crippen molar-refractivity contribution in [2.75, 3.05) is 31.6 Å². The van der Waals surface area contributed by atoms with Crippen LogP contribution in [-0.2, 0) is 19.6 Å². The molecule has 1 saturated heterocycles. The van der Waals surface area contributed by atoms with Gasteiger partial charge in [0.25, 0.3) is 0 Å². The monoisotopic (exact) mass is 432 g/mol. The molecule has 3 rings (SSSR count). The van der Waals surface area contributed by atoms with Gasteiger partial charge >= 0.3 is 0 Å². The minimum absolute atomic E-state index is 0.163. The standard InChI is InChI=1S/C22H25FN2O4S/c1-16(2)18-6-3-17(4-7-18)5-10-22(26)24-19-8-9-20(23)21(15-19)30(27,28)25-11-13-29-14-12-25/h3-10,15-16H,11-14H2,1-2H3,(H,24,26)/b10-5+. The van der Waals surface area contributed by atoms with E-state index >= 15 is 0 Å². The molecule has 0 bridgehead atoms. The van der Waals surface area contributed by atoms with Gasteiger partial charge < -0.3 is 10.1 Å². The van der Waals surface area contributed by atoms with E-state index in [0.717, 1.165) is 17.7 Å². The van der Waals surface area contributed by atoms with Crippen molar-refractivity contribution >= 4 is 27.7 Å². The number of hydrogen-bond donors (Lipinski definition) is 1. The molecular formula is C22H25FN2O4S. The summed E-state index contributed by atoms with van der Waals surface area (Å²) in [7, 11) is -4.01. The lowest BCUT2D eigenvalue weighted by Crippen LogP contribution is -2.40. The minimum Gasteiger partial charge on any atom is -0.379 e. The molecule has 30 heavy (non-hydrogen) atoms. The van der Waals surface area contributed by atoms with Crippen molar-refractivity contribution in [2.45, 2.75) is 24.7 Å². The lowest BCUT2D eigenvalue weighted by Gasteiger charge is -2.26. The Balaban J connectivity index is 1.72. The smallest absolute Gasteiger partial charge is 0.248 e. The minimum atomic E-state index is -4.01. The molecule has 8 heteroatoms. The van der Waals surface area contributed by atoms with Crippen LogP contribution in [0.3, 0.4) is 0 Å². The summed E-state index contributed by atoms with van der Waals surface area (Å²) in [5.74, 6) is -0.878. The number of morpholine rings is 1. The molecule has 6 nitrogen and oxygen atoms in total. The van der Waals surface area contributed by atoms with Gasteiger partial charge in [0.15, 0.2) is 0 Å². The van der Waals surface area contributed by atoms with E-state index in [-0.39, 0.29) is 32.0 Å². The zero-order chi connectivity index (χ0) is 21.7. The largest absolute Gasteiger partial charge is 0.379 e. The van der Waals surface area contributed by atoms with Gasteiger partial charge in [-0.2, -0.15) is 4.31 Å². The van der Waals surface area contributed by atoms with Crippen LogP contribution in [-0.4, -0.2) is 44.9 Å². The van der Waals surface area contributed by atoms with E-state index in [9.17, 15) is 17.6 Å². The van der Waals surface area contributed by atoms with Gasteiger partial charge in [-0.25, -0.2) is 12.8 Å². The lowest BCUT2D eigenvalue weighted by atomic mass is 10.0. The fourth-order valence-corrected chi connectivity index (χ4v) is 4.55. The molecule has 0 saturated carbocycles. The third-order valence-corrected chi connectivity index (χ3v) is 6.73. The summed E-state index contributed by atoms with van der Waals surface area (Å²) in [4.78, 5) is 11.8. The topological polar surface area (TPSA) is 75.7 Å². The first kappa shape index (κ1) is 22.1. The maximum absolute atomic E-state index is 14.3. The number of anilines is 1. The number of carbonyl (C=O) groups is 1. The number of halogens is 1. The van der Waals surface area contributed by atoms with E-state index in [1.165, 1.54) is 22.0 Å². The highest BCUT2D eigenvalue weighted by Gasteiger charge is 2.29. The number of sulfonamides is 1. The van der Waals surface area contributed by atoms with Crippen molar-refractivity contribution in [3.05, 3.63) is 65.5 Å². The Bertz CT molecular complexity index is 1030. The highest BCUT2D eigenvalue weighted by molar-refractivity contribution is 7.89. The van der Waals surface area contributed by atoms with Gasteiger partial charge in [0.2, 0.25) is 15.9 Å². The molecule has 1 heterocycles. The molecule has 1 fully saturated rings. The zero-order valence-electron chi connectivity index (χ0n) is 17.0. The average Bonchev–Trinajstić information content (AvgIpc) is 2.74. The Morgan fingerprint density at radius 1 is 1.13 bits per heavy atom. The fourth-order valence-electron chi connectivity index (χ4n) is 3.05. The number of benzene rings is 2. The van der Waals surface area contributed by atoms with Gasteiger partial charge in [-0.05, 0) is 41.3 Å². The Hall–Kier alpha value is -2.55. The highest BCUT2D eigenvalue weighted by atomic mass is 32.2. The van der Waals surface area contributed by atoms with Crippen molar-refractivity contribution < 1.29 is 22.3 Å². The molecule has 0 atom stereocenters. The summed E-state index contributed by atoms with van der Waals surface area (Å²) in [5.41, 5.74) is 2.27. The Morgan fingerprint density at radius 3 is 2.43 bits per heavy atom. The average molecular weight is 433 g/mol. The molecule has 0 radical (unpaired) electrons. The number of amides is 1. The van der Waals surface area contributed by atoms with Crippen LogP contribution in [0.1, 0.15) is 30.9 Å². The van der Waals surface area contributed by atoms with Crippen LogP contribution in [0.2, 0.25) is 0 Å². The first-order valence-electron chi connectivity index (χ1n) is 9.74. The SMILES string of the molecule is CC(C)c1ccc(/C=C/C(=O)Nc2ccc(F)c(S(=O)(=O)N3CCOCC3)c2)cc1. The summed E-state index contributed by atoms with van der Waals surface area (Å²) >= 11 is 0. The summed E-state index contributed by atoms with van der Waals surface area (Å²) in [5, 5.41) is 2.58. The molecule has 0 aliphatic carbocycles. The number of nitrogens with zero attached hydrogens (tertiary/aromatic N) is 1. The Kier molecular flexibility index (Phi) is 7.02. The number of rotatable bonds is 6. The number of nitrogens with one attached hydrogen (secondary N) is 1. The summed E-state index contributed by atoms with van der Waals surface area (Å²) in [6, 6.07) is 11.4. The molecule has 0 spiro atoms. The number of carbonyl (C=O) groups excluding carboxylic acids is 1. The third kappa shape index (κ3) is 5.33. The van der Waals surface area contributed by atoms with Crippen molar-refractivity contribution in [3.63, 3.8) is 0 Å². The normalized spacial score (nSPS) is 15.6. The molecule has 2 aromatic rings. The summed E-state index contributed by atoms with van der Waals surface area (Å²) < 4.78 is 46.1. The molecule has 2 aromatic carbocycles. The second-order valence-electron chi connectivity index (χ2n) is 7.31. The van der Waals surface area contributed by atoms with Gasteiger partial charge in [0, 0.05) is 24.9 Å². The van der Waals surface area contributed by atoms with Gasteiger partial charge in [-0.1, -0.05) is 38.1 Å².